The summed E-state index contributed by atoms with van der Waals surface area (Å²) in [7, 11) is 0. The first-order chi connectivity index (χ1) is 6.04. The summed E-state index contributed by atoms with van der Waals surface area (Å²) >= 11 is 0. The summed E-state index contributed by atoms with van der Waals surface area (Å²) in [6.45, 7) is 0. The highest BCUT2D eigenvalue weighted by Gasteiger charge is 2.44. The van der Waals surface area contributed by atoms with E-state index in [1.807, 2.05) is 0 Å². The van der Waals surface area contributed by atoms with E-state index in [4.69, 9.17) is 11.5 Å². The maximum absolute atomic E-state index is 13.3. The molecule has 0 radical (unpaired) electrons. The van der Waals surface area contributed by atoms with E-state index < -0.39 is 17.2 Å². The van der Waals surface area contributed by atoms with Gasteiger partial charge in [0.05, 0.1) is 0 Å². The van der Waals surface area contributed by atoms with E-state index >= 15 is 0 Å². The van der Waals surface area contributed by atoms with E-state index in [2.05, 4.69) is 0 Å². The molecular formula is C9H10F2N2. The molecule has 0 aromatic heterocycles. The molecule has 13 heavy (non-hydrogen) atoms. The Labute approximate surface area is 74.5 Å². The molecule has 1 aliphatic carbocycles. The van der Waals surface area contributed by atoms with Crippen molar-refractivity contribution in [3.05, 3.63) is 29.3 Å². The second-order valence-corrected chi connectivity index (χ2v) is 3.48. The van der Waals surface area contributed by atoms with Gasteiger partial charge in [-0.1, -0.05) is 0 Å². The van der Waals surface area contributed by atoms with Gasteiger partial charge in [-0.15, -0.1) is 0 Å². The number of rotatable bonds is 1. The topological polar surface area (TPSA) is 52.0 Å². The van der Waals surface area contributed by atoms with Crippen LogP contribution in [0, 0.1) is 11.6 Å². The second kappa shape index (κ2) is 2.42. The second-order valence-electron chi connectivity index (χ2n) is 3.48. The van der Waals surface area contributed by atoms with Crippen molar-refractivity contribution >= 4 is 5.69 Å². The van der Waals surface area contributed by atoms with E-state index in [0.717, 1.165) is 6.07 Å². The number of nitrogen functional groups attached to an aromatic ring is 1. The molecule has 2 nitrogen and oxygen atoms in total. The normalized spacial score (nSPS) is 18.7. The summed E-state index contributed by atoms with van der Waals surface area (Å²) in [5, 5.41) is 0. The maximum atomic E-state index is 13.3. The molecular weight excluding hydrogens is 174 g/mol. The minimum atomic E-state index is -0.903. The number of anilines is 1. The van der Waals surface area contributed by atoms with E-state index in [9.17, 15) is 8.78 Å². The van der Waals surface area contributed by atoms with Crippen LogP contribution in [0.15, 0.2) is 12.1 Å². The van der Waals surface area contributed by atoms with E-state index in [-0.39, 0.29) is 11.3 Å². The molecule has 0 amide bonds. The smallest absolute Gasteiger partial charge is 0.165 e. The van der Waals surface area contributed by atoms with Gasteiger partial charge in [-0.25, -0.2) is 8.78 Å². The van der Waals surface area contributed by atoms with Gasteiger partial charge >= 0.3 is 0 Å². The number of hydrogen-bond acceptors (Lipinski definition) is 2. The molecule has 0 heterocycles. The molecule has 0 unspecified atom stereocenters. The first-order valence-corrected chi connectivity index (χ1v) is 4.07. The number of halogens is 2. The first-order valence-electron chi connectivity index (χ1n) is 4.07. The van der Waals surface area contributed by atoms with E-state index in [0.29, 0.717) is 12.8 Å². The lowest BCUT2D eigenvalue weighted by Gasteiger charge is -2.13. The van der Waals surface area contributed by atoms with Crippen molar-refractivity contribution in [2.75, 3.05) is 5.73 Å². The molecule has 0 atom stereocenters. The molecule has 1 aromatic rings. The van der Waals surface area contributed by atoms with Gasteiger partial charge in [-0.3, -0.25) is 0 Å². The fourth-order valence-corrected chi connectivity index (χ4v) is 1.46. The molecule has 1 aromatic carbocycles. The Kier molecular flexibility index (Phi) is 1.57. The largest absolute Gasteiger partial charge is 0.398 e. The summed E-state index contributed by atoms with van der Waals surface area (Å²) in [4.78, 5) is 0. The average molecular weight is 184 g/mol. The van der Waals surface area contributed by atoms with Crippen molar-refractivity contribution < 1.29 is 8.78 Å². The molecule has 1 fully saturated rings. The lowest BCUT2D eigenvalue weighted by atomic mass is 10.0. The van der Waals surface area contributed by atoms with Gasteiger partial charge in [0.1, 0.15) is 0 Å². The third-order valence-corrected chi connectivity index (χ3v) is 2.41. The van der Waals surface area contributed by atoms with Crippen LogP contribution in [0.2, 0.25) is 0 Å². The summed E-state index contributed by atoms with van der Waals surface area (Å²) in [6, 6.07) is 2.36. The molecule has 4 heteroatoms. The highest BCUT2D eigenvalue weighted by Crippen LogP contribution is 2.46. The maximum Gasteiger partial charge on any atom is 0.165 e. The summed E-state index contributed by atoms with van der Waals surface area (Å²) < 4.78 is 26.1. The number of benzene rings is 1. The molecule has 0 saturated heterocycles. The minimum Gasteiger partial charge on any atom is -0.398 e. The molecule has 1 saturated carbocycles. The van der Waals surface area contributed by atoms with E-state index in [1.54, 1.807) is 0 Å². The third-order valence-electron chi connectivity index (χ3n) is 2.41. The van der Waals surface area contributed by atoms with Crippen molar-refractivity contribution in [1.29, 1.82) is 0 Å². The Hall–Kier alpha value is -1.16. The quantitative estimate of drug-likeness (QED) is 0.650. The van der Waals surface area contributed by atoms with Crippen molar-refractivity contribution in [2.24, 2.45) is 5.73 Å². The third kappa shape index (κ3) is 1.18. The first kappa shape index (κ1) is 8.44. The highest BCUT2D eigenvalue weighted by atomic mass is 19.2. The predicted molar refractivity (Wildman–Crippen MR) is 45.9 cm³/mol. The van der Waals surface area contributed by atoms with E-state index in [1.165, 1.54) is 6.07 Å². The van der Waals surface area contributed by atoms with Crippen molar-refractivity contribution in [3.63, 3.8) is 0 Å². The standard InChI is InChI=1S/C9H10F2N2/c10-5-1-2-6(12)7(8(5)11)9(13)3-4-9/h1-2H,3-4,12-13H2. The van der Waals surface area contributed by atoms with Gasteiger partial charge in [0.25, 0.3) is 0 Å². The molecule has 0 aliphatic heterocycles. The van der Waals surface area contributed by atoms with Gasteiger partial charge < -0.3 is 11.5 Å². The van der Waals surface area contributed by atoms with Gasteiger partial charge in [0, 0.05) is 16.8 Å². The Balaban J connectivity index is 2.61. The SMILES string of the molecule is Nc1ccc(F)c(F)c1C1(N)CC1. The zero-order valence-electron chi connectivity index (χ0n) is 6.98. The Morgan fingerprint density at radius 1 is 1.23 bits per heavy atom. The van der Waals surface area contributed by atoms with Gasteiger partial charge in [-0.2, -0.15) is 0 Å². The lowest BCUT2D eigenvalue weighted by Crippen LogP contribution is -2.22. The van der Waals surface area contributed by atoms with Crippen LogP contribution in [-0.4, -0.2) is 0 Å². The Morgan fingerprint density at radius 2 is 1.85 bits per heavy atom. The average Bonchev–Trinajstić information content (AvgIpc) is 2.78. The summed E-state index contributed by atoms with van der Waals surface area (Å²) in [5.41, 5.74) is 10.9. The van der Waals surface area contributed by atoms with Crippen LogP contribution in [-0.2, 0) is 5.54 Å². The molecule has 1 aliphatic rings. The molecule has 70 valence electrons. The number of hydrogen-bond donors (Lipinski definition) is 2. The van der Waals surface area contributed by atoms with Gasteiger partial charge in [0.15, 0.2) is 11.6 Å². The fourth-order valence-electron chi connectivity index (χ4n) is 1.46. The summed E-state index contributed by atoms with van der Waals surface area (Å²) in [6.07, 6.45) is 1.33. The van der Waals surface area contributed by atoms with Crippen LogP contribution < -0.4 is 11.5 Å². The van der Waals surface area contributed by atoms with Crippen molar-refractivity contribution in [2.45, 2.75) is 18.4 Å². The van der Waals surface area contributed by atoms with Crippen LogP contribution in [0.4, 0.5) is 14.5 Å². The Bertz CT molecular complexity index is 359. The van der Waals surface area contributed by atoms with Crippen LogP contribution >= 0.6 is 0 Å². The Morgan fingerprint density at radius 3 is 2.38 bits per heavy atom. The van der Waals surface area contributed by atoms with Crippen LogP contribution in [0.25, 0.3) is 0 Å². The van der Waals surface area contributed by atoms with Gasteiger partial charge in [-0.05, 0) is 25.0 Å². The fraction of sp³-hybridized carbons (Fsp3) is 0.333. The number of nitrogens with two attached hydrogens (primary N) is 2. The van der Waals surface area contributed by atoms with Gasteiger partial charge in [0.2, 0.25) is 0 Å². The minimum absolute atomic E-state index is 0.132. The predicted octanol–water partition coefficient (Wildman–Crippen LogP) is 1.49. The molecule has 0 spiro atoms. The zero-order chi connectivity index (χ0) is 9.64. The molecule has 4 N–H and O–H groups in total. The van der Waals surface area contributed by atoms with Crippen LogP contribution in [0.1, 0.15) is 18.4 Å². The van der Waals surface area contributed by atoms with Crippen LogP contribution in [0.5, 0.6) is 0 Å². The zero-order valence-corrected chi connectivity index (χ0v) is 6.98. The summed E-state index contributed by atoms with van der Waals surface area (Å²) in [5.74, 6) is -1.79. The molecule has 0 bridgehead atoms. The highest BCUT2D eigenvalue weighted by molar-refractivity contribution is 5.53. The van der Waals surface area contributed by atoms with Crippen molar-refractivity contribution in [3.8, 4) is 0 Å². The van der Waals surface area contributed by atoms with Crippen LogP contribution in [0.3, 0.4) is 0 Å². The van der Waals surface area contributed by atoms with Crippen molar-refractivity contribution in [1.82, 2.24) is 0 Å². The molecule has 2 rings (SSSR count). The monoisotopic (exact) mass is 184 g/mol. The lowest BCUT2D eigenvalue weighted by molar-refractivity contribution is 0.487.